The normalized spacial score (nSPS) is 18.8. The molecule has 5 rings (SSSR count). The van der Waals surface area contributed by atoms with E-state index in [2.05, 4.69) is 0 Å². The van der Waals surface area contributed by atoms with Gasteiger partial charge in [0.15, 0.2) is 11.4 Å². The number of pyridine rings is 1. The summed E-state index contributed by atoms with van der Waals surface area (Å²) < 4.78 is 7.61. The van der Waals surface area contributed by atoms with Gasteiger partial charge in [0.2, 0.25) is 5.43 Å². The predicted molar refractivity (Wildman–Crippen MR) is 121 cm³/mol. The molecule has 2 aliphatic rings. The van der Waals surface area contributed by atoms with Crippen LogP contribution in [-0.2, 0) is 0 Å². The van der Waals surface area contributed by atoms with Crippen LogP contribution < -0.4 is 15.2 Å². The fourth-order valence-corrected chi connectivity index (χ4v) is 4.41. The van der Waals surface area contributed by atoms with Crippen molar-refractivity contribution < 1.29 is 14.6 Å². The van der Waals surface area contributed by atoms with Crippen molar-refractivity contribution in [2.75, 3.05) is 24.8 Å². The highest BCUT2D eigenvalue weighted by Crippen LogP contribution is 2.40. The Morgan fingerprint density at radius 3 is 2.62 bits per heavy atom. The summed E-state index contributed by atoms with van der Waals surface area (Å²) in [4.78, 5) is 26.9. The van der Waals surface area contributed by atoms with Crippen molar-refractivity contribution in [3.63, 3.8) is 0 Å². The molecule has 0 saturated carbocycles. The van der Waals surface area contributed by atoms with Crippen LogP contribution in [0.5, 0.6) is 11.5 Å². The van der Waals surface area contributed by atoms with Gasteiger partial charge in [0.05, 0.1) is 5.02 Å². The second kappa shape index (κ2) is 8.09. The van der Waals surface area contributed by atoms with E-state index >= 15 is 0 Å². The van der Waals surface area contributed by atoms with E-state index in [1.165, 1.54) is 12.3 Å². The summed E-state index contributed by atoms with van der Waals surface area (Å²) in [5, 5.41) is 12.9. The third-order valence-electron chi connectivity index (χ3n) is 5.66. The maximum Gasteiger partial charge on any atom is 0.278 e. The lowest BCUT2D eigenvalue weighted by Crippen LogP contribution is -2.55. The number of ether oxygens (including phenoxy) is 1. The topological polar surface area (TPSA) is 75.0 Å². The number of benzene rings is 2. The van der Waals surface area contributed by atoms with Crippen molar-refractivity contribution >= 4 is 17.5 Å². The lowest BCUT2D eigenvalue weighted by molar-refractivity contribution is 0.0701. The third kappa shape index (κ3) is 3.31. The van der Waals surface area contributed by atoms with Gasteiger partial charge in [-0.3, -0.25) is 19.3 Å². The van der Waals surface area contributed by atoms with E-state index in [-0.39, 0.29) is 19.0 Å². The lowest BCUT2D eigenvalue weighted by atomic mass is 9.97. The SMILES string of the molecule is O=C1c2c(O)c(=O)ccn2N2CN1C/C=C/COc1c(Cl)cccc1[C@H]2c1ccccc1. The molecule has 0 unspecified atom stereocenters. The zero-order valence-electron chi connectivity index (χ0n) is 17.0. The van der Waals surface area contributed by atoms with Crippen LogP contribution in [0.4, 0.5) is 0 Å². The first-order valence-corrected chi connectivity index (χ1v) is 10.6. The van der Waals surface area contributed by atoms with Crippen LogP contribution in [0.15, 0.2) is 77.7 Å². The Kier molecular flexibility index (Phi) is 5.11. The summed E-state index contributed by atoms with van der Waals surface area (Å²) in [7, 11) is 0. The molecule has 7 nitrogen and oxygen atoms in total. The number of fused-ring (bicyclic) bond motifs is 5. The number of hydrogen-bond donors (Lipinski definition) is 1. The average Bonchev–Trinajstić information content (AvgIpc) is 2.83. The van der Waals surface area contributed by atoms with Gasteiger partial charge in [0.1, 0.15) is 25.1 Å². The number of nitrogens with zero attached hydrogens (tertiary/aromatic N) is 3. The summed E-state index contributed by atoms with van der Waals surface area (Å²) in [6.07, 6.45) is 5.16. The van der Waals surface area contributed by atoms with E-state index in [9.17, 15) is 14.7 Å². The first-order valence-electron chi connectivity index (χ1n) is 10.2. The molecular formula is C24H20ClN3O4. The van der Waals surface area contributed by atoms with Gasteiger partial charge in [-0.2, -0.15) is 0 Å². The van der Waals surface area contributed by atoms with Gasteiger partial charge in [0, 0.05) is 24.4 Å². The van der Waals surface area contributed by atoms with E-state index in [4.69, 9.17) is 16.3 Å². The molecule has 162 valence electrons. The molecule has 2 aromatic carbocycles. The number of hydrogen-bond acceptors (Lipinski definition) is 5. The Morgan fingerprint density at radius 2 is 1.81 bits per heavy atom. The third-order valence-corrected chi connectivity index (χ3v) is 5.96. The molecule has 3 aromatic rings. The molecule has 1 aromatic heterocycles. The van der Waals surface area contributed by atoms with Crippen LogP contribution in [-0.4, -0.2) is 40.4 Å². The molecule has 2 aliphatic heterocycles. The highest BCUT2D eigenvalue weighted by Gasteiger charge is 2.37. The van der Waals surface area contributed by atoms with Gasteiger partial charge >= 0.3 is 0 Å². The van der Waals surface area contributed by atoms with Gasteiger partial charge in [0.25, 0.3) is 5.91 Å². The van der Waals surface area contributed by atoms with Crippen LogP contribution in [0.1, 0.15) is 27.7 Å². The number of carbonyl (C=O) groups excluding carboxylic acids is 1. The first kappa shape index (κ1) is 20.2. The molecule has 0 fully saturated rings. The summed E-state index contributed by atoms with van der Waals surface area (Å²) in [6, 6.07) is 16.2. The molecule has 0 aliphatic carbocycles. The standard InChI is InChI=1S/C24H20ClN3O4/c25-18-10-6-9-17-20(16-7-2-1-3-8-16)28-15-26(12-4-5-14-32-23(17)18)24(31)21-22(30)19(29)11-13-27(21)28/h1-11,13,20,30H,12,14-15H2/b5-4+/t20-/m1/s1. The number of halogens is 1. The van der Waals surface area contributed by atoms with Crippen LogP contribution in [0, 0.1) is 0 Å². The number of aromatic hydroxyl groups is 1. The molecule has 1 amide bonds. The molecule has 0 radical (unpaired) electrons. The minimum absolute atomic E-state index is 0.0678. The minimum atomic E-state index is -0.603. The van der Waals surface area contributed by atoms with E-state index in [0.29, 0.717) is 17.3 Å². The molecule has 1 N–H and O–H groups in total. The Hall–Kier alpha value is -3.71. The highest BCUT2D eigenvalue weighted by atomic mass is 35.5. The number of amides is 1. The Morgan fingerprint density at radius 1 is 1.00 bits per heavy atom. The minimum Gasteiger partial charge on any atom is -0.502 e. The van der Waals surface area contributed by atoms with E-state index in [1.807, 2.05) is 59.6 Å². The molecule has 0 spiro atoms. The Balaban J connectivity index is 1.82. The molecule has 32 heavy (non-hydrogen) atoms. The van der Waals surface area contributed by atoms with Crippen LogP contribution >= 0.6 is 11.6 Å². The van der Waals surface area contributed by atoms with Gasteiger partial charge in [-0.15, -0.1) is 0 Å². The lowest BCUT2D eigenvalue weighted by Gasteiger charge is -2.43. The summed E-state index contributed by atoms with van der Waals surface area (Å²) in [6.45, 7) is 0.813. The Labute approximate surface area is 189 Å². The Bertz CT molecular complexity index is 1270. The number of rotatable bonds is 1. The zero-order valence-corrected chi connectivity index (χ0v) is 17.8. The van der Waals surface area contributed by atoms with Crippen molar-refractivity contribution in [1.82, 2.24) is 9.58 Å². The second-order valence-corrected chi connectivity index (χ2v) is 7.99. The van der Waals surface area contributed by atoms with Crippen LogP contribution in [0.2, 0.25) is 5.02 Å². The van der Waals surface area contributed by atoms with Crippen molar-refractivity contribution in [3.05, 3.63) is 105 Å². The summed E-state index contributed by atoms with van der Waals surface area (Å²) >= 11 is 6.54. The molecule has 0 saturated heterocycles. The molecule has 8 heteroatoms. The average molecular weight is 450 g/mol. The number of para-hydroxylation sites is 1. The molecule has 3 heterocycles. The largest absolute Gasteiger partial charge is 0.502 e. The fraction of sp³-hybridized carbons (Fsp3) is 0.167. The zero-order chi connectivity index (χ0) is 22.2. The quantitative estimate of drug-likeness (QED) is 0.577. The van der Waals surface area contributed by atoms with Gasteiger partial charge in [-0.1, -0.05) is 60.1 Å². The monoisotopic (exact) mass is 449 g/mol. The van der Waals surface area contributed by atoms with Crippen LogP contribution in [0.3, 0.4) is 0 Å². The number of carbonyl (C=O) groups is 1. The van der Waals surface area contributed by atoms with Gasteiger partial charge in [-0.05, 0) is 17.7 Å². The van der Waals surface area contributed by atoms with Gasteiger partial charge in [-0.25, -0.2) is 0 Å². The predicted octanol–water partition coefficient (Wildman–Crippen LogP) is 3.30. The molecule has 2 bridgehead atoms. The van der Waals surface area contributed by atoms with E-state index in [0.717, 1.165) is 11.1 Å². The van der Waals surface area contributed by atoms with Crippen molar-refractivity contribution in [2.45, 2.75) is 6.04 Å². The highest BCUT2D eigenvalue weighted by molar-refractivity contribution is 6.32. The smallest absolute Gasteiger partial charge is 0.278 e. The maximum absolute atomic E-state index is 13.2. The maximum atomic E-state index is 13.2. The first-order chi connectivity index (χ1) is 15.6. The fourth-order valence-electron chi connectivity index (χ4n) is 4.18. The van der Waals surface area contributed by atoms with Crippen molar-refractivity contribution in [2.24, 2.45) is 0 Å². The summed E-state index contributed by atoms with van der Waals surface area (Å²) in [5.74, 6) is -0.440. The van der Waals surface area contributed by atoms with Crippen molar-refractivity contribution in [1.29, 1.82) is 0 Å². The summed E-state index contributed by atoms with van der Waals surface area (Å²) in [5.41, 5.74) is 1.07. The number of aromatic nitrogens is 1. The van der Waals surface area contributed by atoms with Crippen molar-refractivity contribution in [3.8, 4) is 11.5 Å². The van der Waals surface area contributed by atoms with Gasteiger partial charge < -0.3 is 14.7 Å². The van der Waals surface area contributed by atoms with Crippen LogP contribution in [0.25, 0.3) is 0 Å². The molecule has 1 atom stereocenters. The van der Waals surface area contributed by atoms with E-state index in [1.54, 1.807) is 15.6 Å². The molecular weight excluding hydrogens is 430 g/mol. The second-order valence-electron chi connectivity index (χ2n) is 7.58. The van der Waals surface area contributed by atoms with E-state index < -0.39 is 23.1 Å².